The van der Waals surface area contributed by atoms with E-state index in [0.29, 0.717) is 5.41 Å². The second-order valence-corrected chi connectivity index (χ2v) is 8.53. The van der Waals surface area contributed by atoms with Gasteiger partial charge >= 0.3 is 0 Å². The molecule has 1 fully saturated rings. The highest BCUT2D eigenvalue weighted by Gasteiger charge is 2.31. The normalized spacial score (nSPS) is 19.4. The number of thiol groups is 1. The lowest BCUT2D eigenvalue weighted by Crippen LogP contribution is -2.40. The van der Waals surface area contributed by atoms with Gasteiger partial charge in [-0.25, -0.2) is 0 Å². The lowest BCUT2D eigenvalue weighted by atomic mass is 9.81. The fraction of sp³-hybridized carbons (Fsp3) is 1.00. The number of rotatable bonds is 9. The van der Waals surface area contributed by atoms with Gasteiger partial charge in [0, 0.05) is 6.54 Å². The van der Waals surface area contributed by atoms with Crippen LogP contribution in [0.5, 0.6) is 0 Å². The lowest BCUT2D eigenvalue weighted by Gasteiger charge is -2.37. The van der Waals surface area contributed by atoms with Crippen LogP contribution in [-0.2, 0) is 0 Å². The minimum absolute atomic E-state index is 0.494. The smallest absolute Gasteiger partial charge is 0.00458 e. The van der Waals surface area contributed by atoms with Gasteiger partial charge in [-0.1, -0.05) is 53.4 Å². The molecule has 0 aromatic rings. The van der Waals surface area contributed by atoms with Crippen LogP contribution in [0.15, 0.2) is 0 Å². The molecule has 21 heavy (non-hydrogen) atoms. The molecule has 2 heteroatoms. The third kappa shape index (κ3) is 7.93. The molecular weight excluding hydrogens is 274 g/mol. The highest BCUT2D eigenvalue weighted by molar-refractivity contribution is 7.80. The Morgan fingerprint density at radius 3 is 1.71 bits per heavy atom. The zero-order valence-electron chi connectivity index (χ0n) is 15.0. The Labute approximate surface area is 139 Å². The third-order valence-electron chi connectivity index (χ3n) is 5.10. The topological polar surface area (TPSA) is 3.24 Å². The van der Waals surface area contributed by atoms with Crippen molar-refractivity contribution in [3.8, 4) is 0 Å². The summed E-state index contributed by atoms with van der Waals surface area (Å²) < 4.78 is 0. The molecular formula is C19H39NS. The maximum atomic E-state index is 4.76. The van der Waals surface area contributed by atoms with Crippen molar-refractivity contribution in [3.63, 3.8) is 0 Å². The van der Waals surface area contributed by atoms with Crippen LogP contribution in [-0.4, -0.2) is 30.3 Å². The SMILES string of the molecule is CC(C)CCN(CCC(C)C)CC1(CS)CCCCCC1. The van der Waals surface area contributed by atoms with E-state index in [1.807, 2.05) is 0 Å². The van der Waals surface area contributed by atoms with Gasteiger partial charge in [-0.2, -0.15) is 12.6 Å². The van der Waals surface area contributed by atoms with Crippen molar-refractivity contribution in [1.29, 1.82) is 0 Å². The van der Waals surface area contributed by atoms with Crippen LogP contribution in [0.1, 0.15) is 79.1 Å². The van der Waals surface area contributed by atoms with Crippen LogP contribution < -0.4 is 0 Å². The summed E-state index contributed by atoms with van der Waals surface area (Å²) in [5, 5.41) is 0. The van der Waals surface area contributed by atoms with Crippen molar-refractivity contribution in [1.82, 2.24) is 4.90 Å². The van der Waals surface area contributed by atoms with Crippen molar-refractivity contribution in [2.24, 2.45) is 17.3 Å². The van der Waals surface area contributed by atoms with Gasteiger partial charge in [0.2, 0.25) is 0 Å². The molecule has 0 bridgehead atoms. The summed E-state index contributed by atoms with van der Waals surface area (Å²) in [6, 6.07) is 0. The Kier molecular flexibility index (Phi) is 9.36. The van der Waals surface area contributed by atoms with Gasteiger partial charge in [-0.05, 0) is 61.8 Å². The molecule has 0 amide bonds. The van der Waals surface area contributed by atoms with E-state index in [1.54, 1.807) is 0 Å². The first-order valence-electron chi connectivity index (χ1n) is 9.31. The number of hydrogen-bond acceptors (Lipinski definition) is 2. The van der Waals surface area contributed by atoms with Gasteiger partial charge in [-0.15, -0.1) is 0 Å². The van der Waals surface area contributed by atoms with E-state index in [1.165, 1.54) is 71.0 Å². The number of hydrogen-bond donors (Lipinski definition) is 1. The molecule has 126 valence electrons. The van der Waals surface area contributed by atoms with Crippen molar-refractivity contribution >= 4 is 12.6 Å². The monoisotopic (exact) mass is 313 g/mol. The molecule has 0 aliphatic heterocycles. The zero-order valence-corrected chi connectivity index (χ0v) is 15.9. The standard InChI is InChI=1S/C19H39NS/c1-17(2)9-13-20(14-10-18(3)4)15-19(16-21)11-7-5-6-8-12-19/h17-18,21H,5-16H2,1-4H3. The first-order chi connectivity index (χ1) is 9.97. The molecule has 1 saturated carbocycles. The highest BCUT2D eigenvalue weighted by atomic mass is 32.1. The fourth-order valence-corrected chi connectivity index (χ4v) is 3.89. The molecule has 1 rings (SSSR count). The van der Waals surface area contributed by atoms with Crippen LogP contribution in [0.25, 0.3) is 0 Å². The zero-order chi connectivity index (χ0) is 15.7. The van der Waals surface area contributed by atoms with Gasteiger partial charge in [0.1, 0.15) is 0 Å². The Morgan fingerprint density at radius 1 is 0.857 bits per heavy atom. The summed E-state index contributed by atoms with van der Waals surface area (Å²) in [5.74, 6) is 2.70. The Hall–Kier alpha value is 0.310. The van der Waals surface area contributed by atoms with Crippen molar-refractivity contribution in [2.45, 2.75) is 79.1 Å². The second kappa shape index (κ2) is 10.2. The quantitative estimate of drug-likeness (QED) is 0.425. The van der Waals surface area contributed by atoms with E-state index < -0.39 is 0 Å². The molecule has 0 aromatic heterocycles. The van der Waals surface area contributed by atoms with E-state index in [9.17, 15) is 0 Å². The number of nitrogens with zero attached hydrogens (tertiary/aromatic N) is 1. The fourth-order valence-electron chi connectivity index (χ4n) is 3.47. The van der Waals surface area contributed by atoms with E-state index in [-0.39, 0.29) is 0 Å². The van der Waals surface area contributed by atoms with E-state index in [0.717, 1.165) is 17.6 Å². The summed E-state index contributed by atoms with van der Waals surface area (Å²) in [6.07, 6.45) is 11.2. The molecule has 1 aliphatic rings. The Bertz CT molecular complexity index is 242. The Morgan fingerprint density at radius 2 is 1.33 bits per heavy atom. The molecule has 1 nitrogen and oxygen atoms in total. The average Bonchev–Trinajstić information content (AvgIpc) is 2.67. The van der Waals surface area contributed by atoms with Gasteiger partial charge in [0.25, 0.3) is 0 Å². The summed E-state index contributed by atoms with van der Waals surface area (Å²) in [4.78, 5) is 2.77. The summed E-state index contributed by atoms with van der Waals surface area (Å²) in [7, 11) is 0. The molecule has 0 atom stereocenters. The van der Waals surface area contributed by atoms with Crippen LogP contribution in [0.2, 0.25) is 0 Å². The van der Waals surface area contributed by atoms with Gasteiger partial charge in [-0.3, -0.25) is 0 Å². The first-order valence-corrected chi connectivity index (χ1v) is 9.94. The molecule has 0 spiro atoms. The van der Waals surface area contributed by atoms with E-state index in [2.05, 4.69) is 32.6 Å². The maximum absolute atomic E-state index is 4.76. The minimum atomic E-state index is 0.494. The van der Waals surface area contributed by atoms with Crippen molar-refractivity contribution < 1.29 is 0 Å². The lowest BCUT2D eigenvalue weighted by molar-refractivity contribution is 0.139. The summed E-state index contributed by atoms with van der Waals surface area (Å²) in [6.45, 7) is 13.2. The average molecular weight is 314 g/mol. The van der Waals surface area contributed by atoms with E-state index in [4.69, 9.17) is 12.6 Å². The maximum Gasteiger partial charge on any atom is 0.00458 e. The molecule has 0 saturated heterocycles. The second-order valence-electron chi connectivity index (χ2n) is 8.21. The van der Waals surface area contributed by atoms with Crippen LogP contribution in [0.4, 0.5) is 0 Å². The van der Waals surface area contributed by atoms with Crippen LogP contribution in [0.3, 0.4) is 0 Å². The first kappa shape index (κ1) is 19.4. The van der Waals surface area contributed by atoms with Crippen molar-refractivity contribution in [3.05, 3.63) is 0 Å². The van der Waals surface area contributed by atoms with Crippen molar-refractivity contribution in [2.75, 3.05) is 25.4 Å². The molecule has 0 heterocycles. The van der Waals surface area contributed by atoms with Gasteiger partial charge in [0.05, 0.1) is 0 Å². The summed E-state index contributed by atoms with van der Waals surface area (Å²) in [5.41, 5.74) is 0.494. The molecule has 0 radical (unpaired) electrons. The predicted octanol–water partition coefficient (Wildman–Crippen LogP) is 5.65. The third-order valence-corrected chi connectivity index (χ3v) is 5.77. The van der Waals surface area contributed by atoms with E-state index >= 15 is 0 Å². The largest absolute Gasteiger partial charge is 0.303 e. The predicted molar refractivity (Wildman–Crippen MR) is 99.3 cm³/mol. The molecule has 0 aromatic carbocycles. The Balaban J connectivity index is 2.61. The minimum Gasteiger partial charge on any atom is -0.303 e. The molecule has 0 N–H and O–H groups in total. The van der Waals surface area contributed by atoms with Gasteiger partial charge in [0.15, 0.2) is 0 Å². The molecule has 1 aliphatic carbocycles. The highest BCUT2D eigenvalue weighted by Crippen LogP contribution is 2.37. The van der Waals surface area contributed by atoms with Crippen LogP contribution >= 0.6 is 12.6 Å². The summed E-state index contributed by atoms with van der Waals surface area (Å²) >= 11 is 4.76. The molecule has 0 unspecified atom stereocenters. The van der Waals surface area contributed by atoms with Crippen LogP contribution in [0, 0.1) is 17.3 Å². The van der Waals surface area contributed by atoms with Gasteiger partial charge < -0.3 is 4.90 Å².